The normalized spacial score (nSPS) is 11.7. The van der Waals surface area contributed by atoms with Crippen molar-refractivity contribution in [3.8, 4) is 33.9 Å². The van der Waals surface area contributed by atoms with Gasteiger partial charge in [-0.25, -0.2) is 29.9 Å². The lowest BCUT2D eigenvalue weighted by atomic mass is 9.86. The third-order valence-electron chi connectivity index (χ3n) is 17.4. The van der Waals surface area contributed by atoms with Crippen molar-refractivity contribution in [3.05, 3.63) is 278 Å². The molecule has 0 aliphatic rings. The van der Waals surface area contributed by atoms with Gasteiger partial charge in [0.15, 0.2) is 5.82 Å². The number of aromatic nitrogens is 8. The van der Waals surface area contributed by atoms with E-state index in [0.29, 0.717) is 0 Å². The number of rotatable bonds is 3. The van der Waals surface area contributed by atoms with Gasteiger partial charge in [0.2, 0.25) is 0 Å². The molecule has 0 spiro atoms. The van der Waals surface area contributed by atoms with Gasteiger partial charge in [-0.1, -0.05) is 324 Å². The Labute approximate surface area is 573 Å². The fourth-order valence-corrected chi connectivity index (χ4v) is 12.3. The van der Waals surface area contributed by atoms with Crippen LogP contribution in [0.5, 0.6) is 0 Å². The molecule has 0 bridgehead atoms. The van der Waals surface area contributed by atoms with Crippen molar-refractivity contribution in [3.63, 3.8) is 0 Å². The van der Waals surface area contributed by atoms with Crippen LogP contribution in [0.4, 0.5) is 0 Å². The Morgan fingerprint density at radius 1 is 0.237 bits per heavy atom. The summed E-state index contributed by atoms with van der Waals surface area (Å²) < 4.78 is 0. The number of benzene rings is 11. The molecule has 0 N–H and O–H groups in total. The minimum atomic E-state index is -0.0546. The van der Waals surface area contributed by atoms with Crippen molar-refractivity contribution in [1.29, 1.82) is 0 Å². The van der Waals surface area contributed by atoms with Gasteiger partial charge in [0, 0.05) is 89.5 Å². The van der Waals surface area contributed by atoms with Crippen molar-refractivity contribution < 1.29 is 0 Å². The second-order valence-electron chi connectivity index (χ2n) is 28.4. The summed E-state index contributed by atoms with van der Waals surface area (Å²) in [7, 11) is 0. The number of fused-ring (bicyclic) bond motifs is 18. The molecular weight excluding hydrogens is 1180 g/mol. The summed E-state index contributed by atoms with van der Waals surface area (Å²) in [6.45, 7) is 26.2. The fourth-order valence-electron chi connectivity index (χ4n) is 12.3. The highest BCUT2D eigenvalue weighted by Gasteiger charge is 2.23. The van der Waals surface area contributed by atoms with Crippen LogP contribution in [-0.2, 0) is 21.7 Å². The van der Waals surface area contributed by atoms with Gasteiger partial charge in [0.05, 0.1) is 44.7 Å². The quantitative estimate of drug-likeness (QED) is 0.161. The van der Waals surface area contributed by atoms with Gasteiger partial charge in [-0.3, -0.25) is 9.97 Å². The summed E-state index contributed by atoms with van der Waals surface area (Å²) in [4.78, 5) is 38.6. The molecule has 97 heavy (non-hydrogen) atoms. The van der Waals surface area contributed by atoms with Crippen molar-refractivity contribution in [2.75, 3.05) is 0 Å². The number of hydrogen-bond acceptors (Lipinski definition) is 8. The van der Waals surface area contributed by atoms with Crippen molar-refractivity contribution in [2.45, 2.75) is 127 Å². The van der Waals surface area contributed by atoms with E-state index in [1.54, 1.807) is 0 Å². The Bertz CT molecular complexity index is 4900. The Morgan fingerprint density at radius 2 is 0.608 bits per heavy atom. The van der Waals surface area contributed by atoms with E-state index in [-0.39, 0.29) is 43.9 Å². The average molecular weight is 1270 g/mol. The van der Waals surface area contributed by atoms with Crippen LogP contribution in [0.25, 0.3) is 132 Å². The first-order valence-electron chi connectivity index (χ1n) is 32.5. The Morgan fingerprint density at radius 3 is 1.05 bits per heavy atom. The summed E-state index contributed by atoms with van der Waals surface area (Å²) in [5.41, 5.74) is 13.6. The first kappa shape index (κ1) is 69.1. The van der Waals surface area contributed by atoms with Crippen LogP contribution in [0, 0.1) is 0 Å². The lowest BCUT2D eigenvalue weighted by Crippen LogP contribution is -2.15. The molecule has 5 aromatic heterocycles. The molecule has 0 amide bonds. The van der Waals surface area contributed by atoms with E-state index < -0.39 is 0 Å². The van der Waals surface area contributed by atoms with Gasteiger partial charge in [-0.05, 0) is 66.9 Å². The van der Waals surface area contributed by atoms with Crippen LogP contribution in [0.3, 0.4) is 0 Å². The van der Waals surface area contributed by atoms with Crippen LogP contribution < -0.4 is 0 Å². The fraction of sp³-hybridized carbons (Fsp3) is 0.213. The molecule has 0 aliphatic heterocycles. The second-order valence-corrected chi connectivity index (χ2v) is 28.4. The minimum Gasteiger partial charge on any atom is -0.254 e. The molecule has 0 saturated carbocycles. The molecule has 486 valence electrons. The summed E-state index contributed by atoms with van der Waals surface area (Å²) in [5, 5.41) is 15.7. The first-order chi connectivity index (χ1) is 45.2. The Hall–Kier alpha value is -10.7. The summed E-state index contributed by atoms with van der Waals surface area (Å²) in [5.74, 6) is 1.64. The molecule has 8 nitrogen and oxygen atoms in total. The smallest absolute Gasteiger partial charge is 0.160 e. The van der Waals surface area contributed by atoms with Crippen LogP contribution in [0.15, 0.2) is 255 Å². The van der Waals surface area contributed by atoms with E-state index in [4.69, 9.17) is 29.9 Å². The molecule has 0 saturated heterocycles. The Kier molecular flexibility index (Phi) is 19.9. The highest BCUT2D eigenvalue weighted by Crippen LogP contribution is 2.39. The summed E-state index contributed by atoms with van der Waals surface area (Å²) >= 11 is 0. The maximum Gasteiger partial charge on any atom is 0.160 e. The third-order valence-corrected chi connectivity index (χ3v) is 17.4. The molecule has 0 radical (unpaired) electrons. The predicted octanol–water partition coefficient (Wildman–Crippen LogP) is 24.4. The number of nitrogens with zero attached hydrogens (tertiary/aromatic N) is 8. The largest absolute Gasteiger partial charge is 0.254 e. The molecule has 0 fully saturated rings. The third kappa shape index (κ3) is 14.2. The molecule has 0 aliphatic carbocycles. The van der Waals surface area contributed by atoms with Gasteiger partial charge >= 0.3 is 0 Å². The molecule has 16 rings (SSSR count). The number of hydrogen-bond donors (Lipinski definition) is 0. The van der Waals surface area contributed by atoms with Crippen LogP contribution in [-0.4, -0.2) is 39.9 Å². The molecular formula is C89H90N8. The SMILES string of the molecule is C.C.C.CC(C)(C)c1ccc(-c2nc(-c3ccccc3)cc(-c3ccccc3)n2)cc1.CC(C)(C)c1ccc2c3ccccc3c3cccnc3c2n1.CC(C)(C)c1cnc2c3ccccc3c3ccccc3c2n1.CC(C)(C)c1ncc2c3ccccc3c3ccccc3c2n1. The Balaban J connectivity index is 0.000000140. The zero-order valence-electron chi connectivity index (χ0n) is 55.8. The highest BCUT2D eigenvalue weighted by molar-refractivity contribution is 6.25. The maximum atomic E-state index is 4.96. The minimum absolute atomic E-state index is 0. The van der Waals surface area contributed by atoms with Crippen LogP contribution in [0.2, 0.25) is 0 Å². The molecule has 8 heteroatoms. The molecule has 0 unspecified atom stereocenters. The van der Waals surface area contributed by atoms with Gasteiger partial charge < -0.3 is 0 Å². The molecule has 16 aromatic rings. The molecule has 0 atom stereocenters. The monoisotopic (exact) mass is 1270 g/mol. The van der Waals surface area contributed by atoms with Crippen LogP contribution >= 0.6 is 0 Å². The predicted molar refractivity (Wildman–Crippen MR) is 417 cm³/mol. The van der Waals surface area contributed by atoms with E-state index in [9.17, 15) is 0 Å². The summed E-state index contributed by atoms with van der Waals surface area (Å²) in [6, 6.07) is 82.1. The van der Waals surface area contributed by atoms with E-state index in [1.165, 1.54) is 70.2 Å². The van der Waals surface area contributed by atoms with Crippen molar-refractivity contribution in [1.82, 2.24) is 39.9 Å². The van der Waals surface area contributed by atoms with E-state index in [2.05, 4.69) is 287 Å². The lowest BCUT2D eigenvalue weighted by Gasteiger charge is -2.19. The van der Waals surface area contributed by atoms with Gasteiger partial charge in [-0.15, -0.1) is 0 Å². The van der Waals surface area contributed by atoms with Gasteiger partial charge in [-0.2, -0.15) is 0 Å². The van der Waals surface area contributed by atoms with Crippen molar-refractivity contribution >= 4 is 97.6 Å². The zero-order chi connectivity index (χ0) is 65.5. The topological polar surface area (TPSA) is 103 Å². The van der Waals surface area contributed by atoms with Crippen molar-refractivity contribution in [2.24, 2.45) is 0 Å². The van der Waals surface area contributed by atoms with Crippen LogP contribution in [0.1, 0.15) is 128 Å². The molecule has 5 heterocycles. The highest BCUT2D eigenvalue weighted by atomic mass is 14.9. The van der Waals surface area contributed by atoms with E-state index in [1.807, 2.05) is 61.1 Å². The zero-order valence-corrected chi connectivity index (χ0v) is 55.8. The standard InChI is InChI=1S/C26H24N2.3C20H18N2.3CH4/c1-26(2,3)22-16-14-21(15-17-22)25-27-23(19-10-6-4-7-11-19)18-24(28-25)20-12-8-5-9-13-20;1-20(2,3)17-12-21-18-15-10-6-4-8-13(15)14-9-5-7-11-16(14)19(18)22-17;1-20(2,3)19-21-12-17-15-10-5-4-8-13(15)14-9-6-7-11-16(14)18(17)22-19;1-20(2,3)17-11-10-16-14-8-5-4-7-13(14)15-9-6-12-21-18(15)19(16)22-17;;;/h4-18H,1-3H3;3*4-12H,1-3H3;3*1H4. The molecule has 11 aromatic carbocycles. The second kappa shape index (κ2) is 27.9. The van der Waals surface area contributed by atoms with E-state index in [0.717, 1.165) is 84.1 Å². The maximum absolute atomic E-state index is 4.96. The number of pyridine rings is 2. The summed E-state index contributed by atoms with van der Waals surface area (Å²) in [6.07, 6.45) is 5.75. The van der Waals surface area contributed by atoms with Gasteiger partial charge in [0.1, 0.15) is 5.82 Å². The average Bonchev–Trinajstić information content (AvgIpc) is 0.757. The van der Waals surface area contributed by atoms with Gasteiger partial charge in [0.25, 0.3) is 0 Å². The van der Waals surface area contributed by atoms with E-state index >= 15 is 0 Å². The first-order valence-corrected chi connectivity index (χ1v) is 32.5. The lowest BCUT2D eigenvalue weighted by molar-refractivity contribution is 0.548.